The number of hydrogen-bond acceptors (Lipinski definition) is 5. The fourth-order valence-corrected chi connectivity index (χ4v) is 3.29. The Morgan fingerprint density at radius 1 is 1.18 bits per heavy atom. The molecule has 148 valence electrons. The van der Waals surface area contributed by atoms with Gasteiger partial charge in [0, 0.05) is 24.2 Å². The molecule has 0 bridgehead atoms. The molecule has 7 heteroatoms. The first-order valence-corrected chi connectivity index (χ1v) is 9.21. The average Bonchev–Trinajstić information content (AvgIpc) is 3.56. The third-order valence-electron chi connectivity index (χ3n) is 5.19. The highest BCUT2D eigenvalue weighted by Gasteiger charge is 2.35. The molecular weight excluding hydrogens is 360 g/mol. The minimum absolute atomic E-state index is 0.0516. The molecule has 1 amide bonds. The number of hydrogen-bond donors (Lipinski definition) is 0. The summed E-state index contributed by atoms with van der Waals surface area (Å²) in [5.74, 6) is 1.14. The summed E-state index contributed by atoms with van der Waals surface area (Å²) >= 11 is 0. The van der Waals surface area contributed by atoms with E-state index >= 15 is 0 Å². The van der Waals surface area contributed by atoms with Crippen molar-refractivity contribution in [2.45, 2.75) is 32.4 Å². The number of ether oxygens (including phenoxy) is 2. The van der Waals surface area contributed by atoms with Gasteiger partial charge in [-0.2, -0.15) is 0 Å². The van der Waals surface area contributed by atoms with Gasteiger partial charge in [-0.15, -0.1) is 0 Å². The molecule has 0 N–H and O–H groups in total. The summed E-state index contributed by atoms with van der Waals surface area (Å²) in [6.45, 7) is 2.47. The molecule has 0 aromatic heterocycles. The first-order chi connectivity index (χ1) is 13.4. The largest absolute Gasteiger partial charge is 0.497 e. The Hall–Kier alpha value is -3.09. The highest BCUT2D eigenvalue weighted by molar-refractivity contribution is 5.95. The zero-order chi connectivity index (χ0) is 20.3. The predicted molar refractivity (Wildman–Crippen MR) is 105 cm³/mol. The van der Waals surface area contributed by atoms with Crippen LogP contribution >= 0.6 is 0 Å². The van der Waals surface area contributed by atoms with Gasteiger partial charge in [0.15, 0.2) is 5.75 Å². The lowest BCUT2D eigenvalue weighted by atomic mass is 10.1. The zero-order valence-corrected chi connectivity index (χ0v) is 16.3. The highest BCUT2D eigenvalue weighted by atomic mass is 16.6. The van der Waals surface area contributed by atoms with Crippen molar-refractivity contribution in [3.63, 3.8) is 0 Å². The van der Waals surface area contributed by atoms with Gasteiger partial charge in [-0.05, 0) is 55.5 Å². The molecule has 2 aromatic carbocycles. The maximum absolute atomic E-state index is 13.3. The number of nitro benzene ring substituents is 1. The summed E-state index contributed by atoms with van der Waals surface area (Å²) in [4.78, 5) is 25.8. The molecule has 0 spiro atoms. The van der Waals surface area contributed by atoms with E-state index in [1.807, 2.05) is 31.2 Å². The van der Waals surface area contributed by atoms with Crippen molar-refractivity contribution in [3.05, 3.63) is 63.7 Å². The Kier molecular flexibility index (Phi) is 5.82. The number of nitrogens with zero attached hydrogens (tertiary/aromatic N) is 2. The Labute approximate surface area is 164 Å². The Balaban J connectivity index is 1.90. The SMILES string of the molecule is COc1ccc(CN(C(=O)c2ccc(OC)c([N+](=O)[O-])c2)[C@H](C)C2CC2)cc1. The molecule has 2 aromatic rings. The fourth-order valence-electron chi connectivity index (χ4n) is 3.29. The summed E-state index contributed by atoms with van der Waals surface area (Å²) < 4.78 is 10.2. The van der Waals surface area contributed by atoms with Gasteiger partial charge in [0.1, 0.15) is 5.75 Å². The van der Waals surface area contributed by atoms with Crippen molar-refractivity contribution in [2.75, 3.05) is 14.2 Å². The van der Waals surface area contributed by atoms with Crippen LogP contribution < -0.4 is 9.47 Å². The van der Waals surface area contributed by atoms with Gasteiger partial charge in [-0.3, -0.25) is 14.9 Å². The van der Waals surface area contributed by atoms with Crippen LogP contribution in [0.2, 0.25) is 0 Å². The molecule has 1 aliphatic carbocycles. The van der Waals surface area contributed by atoms with Gasteiger partial charge in [-0.1, -0.05) is 12.1 Å². The Morgan fingerprint density at radius 3 is 2.39 bits per heavy atom. The van der Waals surface area contributed by atoms with E-state index < -0.39 is 4.92 Å². The lowest BCUT2D eigenvalue weighted by molar-refractivity contribution is -0.385. The Morgan fingerprint density at radius 2 is 1.86 bits per heavy atom. The van der Waals surface area contributed by atoms with Crippen LogP contribution in [0.4, 0.5) is 5.69 Å². The van der Waals surface area contributed by atoms with Crippen LogP contribution in [0.1, 0.15) is 35.7 Å². The minimum atomic E-state index is -0.534. The van der Waals surface area contributed by atoms with Crippen molar-refractivity contribution in [2.24, 2.45) is 5.92 Å². The van der Waals surface area contributed by atoms with Crippen molar-refractivity contribution in [1.82, 2.24) is 4.90 Å². The summed E-state index contributed by atoms with van der Waals surface area (Å²) in [6.07, 6.45) is 2.19. The monoisotopic (exact) mass is 384 g/mol. The third kappa shape index (κ3) is 4.24. The smallest absolute Gasteiger partial charge is 0.311 e. The number of carbonyl (C=O) groups is 1. The lowest BCUT2D eigenvalue weighted by Crippen LogP contribution is -2.39. The molecule has 1 fully saturated rings. The van der Waals surface area contributed by atoms with Crippen molar-refractivity contribution in [3.8, 4) is 11.5 Å². The first kappa shape index (κ1) is 19.7. The van der Waals surface area contributed by atoms with E-state index in [-0.39, 0.29) is 28.9 Å². The van der Waals surface area contributed by atoms with E-state index in [4.69, 9.17) is 9.47 Å². The van der Waals surface area contributed by atoms with E-state index in [0.717, 1.165) is 24.2 Å². The molecule has 1 atom stereocenters. The van der Waals surface area contributed by atoms with Crippen LogP contribution in [0, 0.1) is 16.0 Å². The zero-order valence-electron chi connectivity index (χ0n) is 16.3. The normalized spacial score (nSPS) is 14.2. The number of benzene rings is 2. The van der Waals surface area contributed by atoms with Gasteiger partial charge in [0.25, 0.3) is 5.91 Å². The maximum Gasteiger partial charge on any atom is 0.311 e. The van der Waals surface area contributed by atoms with Crippen LogP contribution in [0.15, 0.2) is 42.5 Å². The second kappa shape index (κ2) is 8.29. The van der Waals surface area contributed by atoms with Crippen LogP contribution in [0.3, 0.4) is 0 Å². The Bertz CT molecular complexity index is 862. The van der Waals surface area contributed by atoms with Crippen LogP contribution in [-0.4, -0.2) is 36.0 Å². The van der Waals surface area contributed by atoms with Crippen LogP contribution in [0.5, 0.6) is 11.5 Å². The van der Waals surface area contributed by atoms with Crippen LogP contribution in [-0.2, 0) is 6.54 Å². The minimum Gasteiger partial charge on any atom is -0.497 e. The maximum atomic E-state index is 13.3. The van der Waals surface area contributed by atoms with E-state index in [9.17, 15) is 14.9 Å². The second-order valence-corrected chi connectivity index (χ2v) is 7.00. The average molecular weight is 384 g/mol. The number of rotatable bonds is 8. The third-order valence-corrected chi connectivity index (χ3v) is 5.19. The molecule has 1 aliphatic rings. The van der Waals surface area contributed by atoms with Gasteiger partial charge in [-0.25, -0.2) is 0 Å². The molecule has 0 aliphatic heterocycles. The van der Waals surface area contributed by atoms with Gasteiger partial charge < -0.3 is 14.4 Å². The quantitative estimate of drug-likeness (QED) is 0.506. The molecule has 3 rings (SSSR count). The summed E-state index contributed by atoms with van der Waals surface area (Å²) in [5, 5.41) is 11.3. The lowest BCUT2D eigenvalue weighted by Gasteiger charge is -2.30. The summed E-state index contributed by atoms with van der Waals surface area (Å²) in [6, 6.07) is 12.0. The van der Waals surface area contributed by atoms with Gasteiger partial charge >= 0.3 is 5.69 Å². The number of methoxy groups -OCH3 is 2. The van der Waals surface area contributed by atoms with Crippen molar-refractivity contribution >= 4 is 11.6 Å². The molecule has 0 unspecified atom stereocenters. The molecule has 0 saturated heterocycles. The molecule has 7 nitrogen and oxygen atoms in total. The molecular formula is C21H24N2O5. The highest BCUT2D eigenvalue weighted by Crippen LogP contribution is 2.37. The van der Waals surface area contributed by atoms with Crippen molar-refractivity contribution < 1.29 is 19.2 Å². The number of carbonyl (C=O) groups excluding carboxylic acids is 1. The number of nitro groups is 1. The standard InChI is InChI=1S/C21H24N2O5/c1-14(16-6-7-16)22(13-15-4-9-18(27-2)10-5-15)21(24)17-8-11-20(28-3)19(12-17)23(25)26/h4-5,8-12,14,16H,6-7,13H2,1-3H3/t14-/m1/s1. The van der Waals surface area contributed by atoms with E-state index in [0.29, 0.717) is 12.5 Å². The van der Waals surface area contributed by atoms with E-state index in [1.165, 1.54) is 19.2 Å². The topological polar surface area (TPSA) is 81.9 Å². The van der Waals surface area contributed by atoms with E-state index in [1.54, 1.807) is 18.1 Å². The number of amides is 1. The molecule has 0 radical (unpaired) electrons. The summed E-state index contributed by atoms with van der Waals surface area (Å²) in [7, 11) is 2.98. The second-order valence-electron chi connectivity index (χ2n) is 7.00. The summed E-state index contributed by atoms with van der Waals surface area (Å²) in [5.41, 5.74) is 1.05. The van der Waals surface area contributed by atoms with Crippen LogP contribution in [0.25, 0.3) is 0 Å². The molecule has 0 heterocycles. The van der Waals surface area contributed by atoms with Crippen molar-refractivity contribution in [1.29, 1.82) is 0 Å². The molecule has 28 heavy (non-hydrogen) atoms. The van der Waals surface area contributed by atoms with E-state index in [2.05, 4.69) is 0 Å². The van der Waals surface area contributed by atoms with Gasteiger partial charge in [0.05, 0.1) is 19.1 Å². The molecule has 1 saturated carbocycles. The fraction of sp³-hybridized carbons (Fsp3) is 0.381. The predicted octanol–water partition coefficient (Wildman–Crippen LogP) is 4.05. The van der Waals surface area contributed by atoms with Gasteiger partial charge in [0.2, 0.25) is 0 Å². The first-order valence-electron chi connectivity index (χ1n) is 9.21.